The molecule has 6 heteroatoms. The van der Waals surface area contributed by atoms with Crippen molar-refractivity contribution in [3.63, 3.8) is 0 Å². The summed E-state index contributed by atoms with van der Waals surface area (Å²) >= 11 is 0. The lowest BCUT2D eigenvalue weighted by Gasteiger charge is -2.27. The molecule has 0 amide bonds. The highest BCUT2D eigenvalue weighted by atomic mass is 16.5. The highest BCUT2D eigenvalue weighted by Crippen LogP contribution is 2.31. The quantitative estimate of drug-likeness (QED) is 0.613. The maximum absolute atomic E-state index is 10.2. The van der Waals surface area contributed by atoms with E-state index in [-0.39, 0.29) is 6.10 Å². The van der Waals surface area contributed by atoms with E-state index in [2.05, 4.69) is 21.4 Å². The van der Waals surface area contributed by atoms with Crippen LogP contribution in [0.3, 0.4) is 0 Å². The number of nitrogens with one attached hydrogen (secondary N) is 1. The van der Waals surface area contributed by atoms with Crippen LogP contribution in [-0.4, -0.2) is 34.3 Å². The van der Waals surface area contributed by atoms with Gasteiger partial charge in [-0.25, -0.2) is 0 Å². The van der Waals surface area contributed by atoms with Crippen molar-refractivity contribution in [3.05, 3.63) is 72.2 Å². The molecule has 0 fully saturated rings. The van der Waals surface area contributed by atoms with E-state index in [1.807, 2.05) is 36.4 Å². The fourth-order valence-corrected chi connectivity index (χ4v) is 3.40. The molecule has 0 aliphatic carbocycles. The number of pyridine rings is 2. The van der Waals surface area contributed by atoms with Gasteiger partial charge in [-0.1, -0.05) is 6.07 Å². The van der Waals surface area contributed by atoms with Crippen LogP contribution in [0.4, 0.5) is 5.69 Å². The van der Waals surface area contributed by atoms with Crippen molar-refractivity contribution in [2.24, 2.45) is 0 Å². The summed E-state index contributed by atoms with van der Waals surface area (Å²) < 4.78 is 6.13. The first-order valence-corrected chi connectivity index (χ1v) is 9.49. The topological polar surface area (TPSA) is 93.3 Å². The number of aliphatic hydroxyl groups is 1. The Bertz CT molecular complexity index is 916. The van der Waals surface area contributed by atoms with E-state index in [9.17, 15) is 5.11 Å². The molecular formula is C22H24N4O2. The van der Waals surface area contributed by atoms with Gasteiger partial charge in [0.15, 0.2) is 0 Å². The van der Waals surface area contributed by atoms with E-state index in [1.165, 1.54) is 5.56 Å². The van der Waals surface area contributed by atoms with Gasteiger partial charge < -0.3 is 20.9 Å². The van der Waals surface area contributed by atoms with Gasteiger partial charge >= 0.3 is 0 Å². The number of nitrogen functional groups attached to an aromatic ring is 1. The van der Waals surface area contributed by atoms with Gasteiger partial charge in [0.2, 0.25) is 0 Å². The summed E-state index contributed by atoms with van der Waals surface area (Å²) in [5.74, 6) is 0.921. The number of nitrogens with two attached hydrogens (primary N) is 1. The fraction of sp³-hybridized carbons (Fsp3) is 0.273. The molecule has 28 heavy (non-hydrogen) atoms. The maximum atomic E-state index is 10.2. The first-order chi connectivity index (χ1) is 13.7. The van der Waals surface area contributed by atoms with Crippen molar-refractivity contribution in [1.82, 2.24) is 15.3 Å². The van der Waals surface area contributed by atoms with Gasteiger partial charge in [0.1, 0.15) is 11.9 Å². The van der Waals surface area contributed by atoms with Crippen LogP contribution in [0.25, 0.3) is 11.3 Å². The fourth-order valence-electron chi connectivity index (χ4n) is 3.40. The number of hydrogen-bond acceptors (Lipinski definition) is 6. The molecule has 6 nitrogen and oxygen atoms in total. The summed E-state index contributed by atoms with van der Waals surface area (Å²) in [6, 6.07) is 13.7. The summed E-state index contributed by atoms with van der Waals surface area (Å²) in [6.07, 6.45) is 6.47. The number of rotatable bonds is 6. The zero-order chi connectivity index (χ0) is 19.3. The van der Waals surface area contributed by atoms with E-state index < -0.39 is 6.10 Å². The third kappa shape index (κ3) is 4.30. The summed E-state index contributed by atoms with van der Waals surface area (Å²) in [7, 11) is 0. The van der Waals surface area contributed by atoms with Crippen LogP contribution >= 0.6 is 0 Å². The number of hydrogen-bond donors (Lipinski definition) is 3. The van der Waals surface area contributed by atoms with Crippen LogP contribution in [0.2, 0.25) is 0 Å². The summed E-state index contributed by atoms with van der Waals surface area (Å²) in [5.41, 5.74) is 10.4. The predicted octanol–water partition coefficient (Wildman–Crippen LogP) is 2.74. The van der Waals surface area contributed by atoms with E-state index in [1.54, 1.807) is 18.6 Å². The molecular weight excluding hydrogens is 352 g/mol. The van der Waals surface area contributed by atoms with E-state index in [4.69, 9.17) is 10.5 Å². The molecule has 2 aromatic heterocycles. The standard InChI is InChI=1S/C22H24N4O2/c23-18-5-7-20(26-12-18)15-4-8-22-16(10-15)3-6-19(28-22)13-25-14-21(27)17-2-1-9-24-11-17/h1-2,4-5,7-12,19,21,25,27H,3,6,13-14,23H2. The number of aromatic nitrogens is 2. The molecule has 3 aromatic rings. The highest BCUT2D eigenvalue weighted by molar-refractivity contribution is 5.63. The third-order valence-corrected chi connectivity index (χ3v) is 4.95. The first kappa shape index (κ1) is 18.4. The van der Waals surface area contributed by atoms with Crippen molar-refractivity contribution in [2.75, 3.05) is 18.8 Å². The number of aryl methyl sites for hydroxylation is 1. The lowest BCUT2D eigenvalue weighted by molar-refractivity contribution is 0.146. The van der Waals surface area contributed by atoms with Crippen molar-refractivity contribution >= 4 is 5.69 Å². The Morgan fingerprint density at radius 3 is 2.93 bits per heavy atom. The lowest BCUT2D eigenvalue weighted by Crippen LogP contribution is -2.36. The normalized spacial score (nSPS) is 16.8. The minimum atomic E-state index is -0.570. The second-order valence-electron chi connectivity index (χ2n) is 7.04. The van der Waals surface area contributed by atoms with Gasteiger partial charge in [0, 0.05) is 36.6 Å². The van der Waals surface area contributed by atoms with Crippen molar-refractivity contribution in [1.29, 1.82) is 0 Å². The average molecular weight is 376 g/mol. The molecule has 0 saturated carbocycles. The Balaban J connectivity index is 1.33. The zero-order valence-electron chi connectivity index (χ0n) is 15.6. The maximum Gasteiger partial charge on any atom is 0.123 e. The molecule has 3 heterocycles. The van der Waals surface area contributed by atoms with Crippen molar-refractivity contribution in [2.45, 2.75) is 25.0 Å². The van der Waals surface area contributed by atoms with Gasteiger partial charge in [0.25, 0.3) is 0 Å². The van der Waals surface area contributed by atoms with Crippen LogP contribution in [-0.2, 0) is 6.42 Å². The molecule has 2 atom stereocenters. The molecule has 1 aliphatic rings. The number of ether oxygens (including phenoxy) is 1. The van der Waals surface area contributed by atoms with Crippen molar-refractivity contribution < 1.29 is 9.84 Å². The van der Waals surface area contributed by atoms with Crippen molar-refractivity contribution in [3.8, 4) is 17.0 Å². The largest absolute Gasteiger partial charge is 0.489 e. The second kappa shape index (κ2) is 8.37. The average Bonchev–Trinajstić information content (AvgIpc) is 2.74. The molecule has 2 unspecified atom stereocenters. The van der Waals surface area contributed by atoms with Gasteiger partial charge in [-0.15, -0.1) is 0 Å². The van der Waals surface area contributed by atoms with Gasteiger partial charge in [-0.2, -0.15) is 0 Å². The van der Waals surface area contributed by atoms with E-state index >= 15 is 0 Å². The monoisotopic (exact) mass is 376 g/mol. The van der Waals surface area contributed by atoms with Crippen LogP contribution in [0.15, 0.2) is 61.1 Å². The number of nitrogens with zero attached hydrogens (tertiary/aromatic N) is 2. The first-order valence-electron chi connectivity index (χ1n) is 9.49. The SMILES string of the molecule is Nc1ccc(-c2ccc3c(c2)CCC(CNCC(O)c2cccnc2)O3)nc1. The van der Waals surface area contributed by atoms with E-state index in [0.29, 0.717) is 18.8 Å². The number of anilines is 1. The lowest BCUT2D eigenvalue weighted by atomic mass is 9.98. The minimum Gasteiger partial charge on any atom is -0.489 e. The van der Waals surface area contributed by atoms with Crippen LogP contribution in [0.5, 0.6) is 5.75 Å². The summed E-state index contributed by atoms with van der Waals surface area (Å²) in [6.45, 7) is 1.16. The molecule has 0 bridgehead atoms. The third-order valence-electron chi connectivity index (χ3n) is 4.95. The minimum absolute atomic E-state index is 0.0918. The van der Waals surface area contributed by atoms with Gasteiger partial charge in [0.05, 0.1) is 23.7 Å². The molecule has 144 valence electrons. The number of benzene rings is 1. The summed E-state index contributed by atoms with van der Waals surface area (Å²) in [5, 5.41) is 13.5. The van der Waals surface area contributed by atoms with Gasteiger partial charge in [-0.05, 0) is 54.8 Å². The highest BCUT2D eigenvalue weighted by Gasteiger charge is 2.20. The van der Waals surface area contributed by atoms with Crippen LogP contribution < -0.4 is 15.8 Å². The zero-order valence-corrected chi connectivity index (χ0v) is 15.6. The Morgan fingerprint density at radius 1 is 1.21 bits per heavy atom. The molecule has 1 aromatic carbocycles. The Kier molecular flexibility index (Phi) is 5.50. The number of aliphatic hydroxyl groups excluding tert-OH is 1. The molecule has 0 radical (unpaired) electrons. The Hall–Kier alpha value is -2.96. The molecule has 4 rings (SSSR count). The van der Waals surface area contributed by atoms with E-state index in [0.717, 1.165) is 35.4 Å². The van der Waals surface area contributed by atoms with Gasteiger partial charge in [-0.3, -0.25) is 9.97 Å². The Labute approximate surface area is 164 Å². The van der Waals surface area contributed by atoms with Crippen LogP contribution in [0, 0.1) is 0 Å². The summed E-state index contributed by atoms with van der Waals surface area (Å²) in [4.78, 5) is 8.43. The molecule has 1 aliphatic heterocycles. The number of fused-ring (bicyclic) bond motifs is 1. The predicted molar refractivity (Wildman–Crippen MR) is 109 cm³/mol. The smallest absolute Gasteiger partial charge is 0.123 e. The molecule has 0 spiro atoms. The second-order valence-corrected chi connectivity index (χ2v) is 7.04. The Morgan fingerprint density at radius 2 is 2.14 bits per heavy atom. The molecule has 4 N–H and O–H groups in total. The van der Waals surface area contributed by atoms with Crippen LogP contribution in [0.1, 0.15) is 23.7 Å². The molecule has 0 saturated heterocycles.